The van der Waals surface area contributed by atoms with Crippen molar-refractivity contribution in [3.05, 3.63) is 70.3 Å². The van der Waals surface area contributed by atoms with Gasteiger partial charge in [-0.2, -0.15) is 0 Å². The number of carbonyl (C=O) groups excluding carboxylic acids is 1. The Bertz CT molecular complexity index is 798. The Hall–Kier alpha value is -2.20. The van der Waals surface area contributed by atoms with Gasteiger partial charge in [0.25, 0.3) is 0 Å². The van der Waals surface area contributed by atoms with Gasteiger partial charge < -0.3 is 9.64 Å². The molecule has 0 N–H and O–H groups in total. The highest BCUT2D eigenvalue weighted by atomic mass is 32.2. The molecule has 0 unspecified atom stereocenters. The highest BCUT2D eigenvalue weighted by Crippen LogP contribution is 2.45. The highest BCUT2D eigenvalue weighted by molar-refractivity contribution is 8.02. The molecule has 0 aromatic heterocycles. The Balaban J connectivity index is 1.84. The quantitative estimate of drug-likeness (QED) is 0.801. The molecule has 0 saturated carbocycles. The molecule has 0 saturated heterocycles. The summed E-state index contributed by atoms with van der Waals surface area (Å²) in [6.45, 7) is 1.43. The van der Waals surface area contributed by atoms with Gasteiger partial charge in [0.15, 0.2) is 5.78 Å². The maximum Gasteiger partial charge on any atom is 0.191 e. The lowest BCUT2D eigenvalue weighted by atomic mass is 9.93. The fraction of sp³-hybridized carbons (Fsp3) is 0.211. The first-order valence-corrected chi connectivity index (χ1v) is 8.91. The van der Waals surface area contributed by atoms with E-state index in [1.165, 1.54) is 5.56 Å². The monoisotopic (exact) mass is 323 g/mol. The number of carbonyl (C=O) groups is 1. The predicted octanol–water partition coefficient (Wildman–Crippen LogP) is 3.90. The molecular weight excluding hydrogens is 306 g/mol. The molecule has 2 aliphatic rings. The van der Waals surface area contributed by atoms with Gasteiger partial charge in [-0.25, -0.2) is 0 Å². The van der Waals surface area contributed by atoms with E-state index in [-0.39, 0.29) is 5.78 Å². The highest BCUT2D eigenvalue weighted by Gasteiger charge is 2.32. The smallest absolute Gasteiger partial charge is 0.191 e. The summed E-state index contributed by atoms with van der Waals surface area (Å²) >= 11 is 1.64. The number of para-hydroxylation sites is 1. The zero-order chi connectivity index (χ0) is 15.8. The second kappa shape index (κ2) is 5.78. The van der Waals surface area contributed by atoms with Gasteiger partial charge in [0.05, 0.1) is 17.3 Å². The van der Waals surface area contributed by atoms with E-state index in [1.54, 1.807) is 11.8 Å². The van der Waals surface area contributed by atoms with E-state index in [2.05, 4.69) is 11.0 Å². The average molecular weight is 323 g/mol. The minimum atomic E-state index is 0.123. The molecule has 116 valence electrons. The number of Topliss-reactive ketones (excluding diaryl/α,β-unsaturated/α-hetero) is 1. The summed E-state index contributed by atoms with van der Waals surface area (Å²) in [5, 5.41) is 1.06. The average Bonchev–Trinajstić information content (AvgIpc) is 2.62. The summed E-state index contributed by atoms with van der Waals surface area (Å²) in [7, 11) is 0. The van der Waals surface area contributed by atoms with Gasteiger partial charge >= 0.3 is 0 Å². The third-order valence-electron chi connectivity index (χ3n) is 4.30. The fourth-order valence-electron chi connectivity index (χ4n) is 3.30. The first kappa shape index (κ1) is 14.4. The number of nitrogens with zero attached hydrogens (tertiary/aromatic N) is 1. The van der Waals surface area contributed by atoms with Gasteiger partial charge in [-0.1, -0.05) is 42.5 Å². The van der Waals surface area contributed by atoms with Gasteiger partial charge in [-0.15, -0.1) is 11.8 Å². The number of thioether (sulfide) groups is 1. The second-order valence-electron chi connectivity index (χ2n) is 5.62. The number of hydrogen-bond donors (Lipinski definition) is 0. The van der Waals surface area contributed by atoms with Crippen molar-refractivity contribution >= 4 is 23.2 Å². The molecule has 4 heteroatoms. The summed E-state index contributed by atoms with van der Waals surface area (Å²) in [6.07, 6.45) is 2.70. The van der Waals surface area contributed by atoms with E-state index in [1.807, 2.05) is 48.7 Å². The van der Waals surface area contributed by atoms with Crippen LogP contribution in [0.15, 0.2) is 59.1 Å². The Labute approximate surface area is 139 Å². The Morgan fingerprint density at radius 3 is 2.74 bits per heavy atom. The minimum absolute atomic E-state index is 0.123. The van der Waals surface area contributed by atoms with Crippen LogP contribution in [0, 0.1) is 0 Å². The number of rotatable bonds is 3. The van der Waals surface area contributed by atoms with Gasteiger partial charge in [-0.3, -0.25) is 4.79 Å². The maximum absolute atomic E-state index is 13.0. The van der Waals surface area contributed by atoms with Crippen LogP contribution in [0.5, 0.6) is 5.75 Å². The van der Waals surface area contributed by atoms with Gasteiger partial charge in [0.1, 0.15) is 12.4 Å². The summed E-state index contributed by atoms with van der Waals surface area (Å²) in [6, 6.07) is 15.6. The molecule has 23 heavy (non-hydrogen) atoms. The molecule has 2 heterocycles. The SMILES string of the molecule is CSC1=C(C(=O)c2ccccc2)Cc2cccc3c2N1CCO3. The van der Waals surface area contributed by atoms with Crippen LogP contribution in [0.4, 0.5) is 5.69 Å². The van der Waals surface area contributed by atoms with Crippen LogP contribution in [-0.4, -0.2) is 25.2 Å². The van der Waals surface area contributed by atoms with Crippen LogP contribution in [0.2, 0.25) is 0 Å². The van der Waals surface area contributed by atoms with Gasteiger partial charge in [0.2, 0.25) is 0 Å². The zero-order valence-corrected chi connectivity index (χ0v) is 13.7. The second-order valence-corrected chi connectivity index (χ2v) is 6.42. The predicted molar refractivity (Wildman–Crippen MR) is 94.3 cm³/mol. The van der Waals surface area contributed by atoms with Crippen LogP contribution in [0.1, 0.15) is 15.9 Å². The third-order valence-corrected chi connectivity index (χ3v) is 5.15. The summed E-state index contributed by atoms with van der Waals surface area (Å²) in [4.78, 5) is 15.3. The maximum atomic E-state index is 13.0. The van der Waals surface area contributed by atoms with E-state index in [0.29, 0.717) is 13.0 Å². The normalized spacial score (nSPS) is 16.0. The molecule has 0 fully saturated rings. The first-order valence-electron chi connectivity index (χ1n) is 7.68. The van der Waals surface area contributed by atoms with Gasteiger partial charge in [0, 0.05) is 17.6 Å². The van der Waals surface area contributed by atoms with E-state index >= 15 is 0 Å². The van der Waals surface area contributed by atoms with Crippen molar-refractivity contribution < 1.29 is 9.53 Å². The van der Waals surface area contributed by atoms with Gasteiger partial charge in [-0.05, 0) is 17.9 Å². The Kier molecular flexibility index (Phi) is 3.62. The van der Waals surface area contributed by atoms with Crippen molar-refractivity contribution in [1.29, 1.82) is 0 Å². The van der Waals surface area contributed by atoms with E-state index in [9.17, 15) is 4.79 Å². The number of benzene rings is 2. The molecule has 0 radical (unpaired) electrons. The van der Waals surface area contributed by atoms with Crippen LogP contribution in [0.3, 0.4) is 0 Å². The number of ether oxygens (including phenoxy) is 1. The Morgan fingerprint density at radius 1 is 1.13 bits per heavy atom. The first-order chi connectivity index (χ1) is 11.3. The van der Waals surface area contributed by atoms with Crippen LogP contribution < -0.4 is 9.64 Å². The lowest BCUT2D eigenvalue weighted by molar-refractivity contribution is 0.103. The molecule has 4 rings (SSSR count). The van der Waals surface area contributed by atoms with Crippen molar-refractivity contribution in [2.45, 2.75) is 6.42 Å². The summed E-state index contributed by atoms with van der Waals surface area (Å²) in [5.41, 5.74) is 3.93. The Morgan fingerprint density at radius 2 is 1.96 bits per heavy atom. The summed E-state index contributed by atoms with van der Waals surface area (Å²) < 4.78 is 5.78. The lowest BCUT2D eigenvalue weighted by Gasteiger charge is -2.38. The standard InChI is InChI=1S/C19H17NO2S/c1-23-19-15(18(21)13-6-3-2-4-7-13)12-14-8-5-9-16-17(14)20(19)10-11-22-16/h2-9H,10-12H2,1H3. The lowest BCUT2D eigenvalue weighted by Crippen LogP contribution is -2.36. The van der Waals surface area contributed by atoms with Crippen LogP contribution >= 0.6 is 11.8 Å². The summed E-state index contributed by atoms with van der Waals surface area (Å²) in [5.74, 6) is 1.05. The molecule has 0 bridgehead atoms. The van der Waals surface area contributed by atoms with E-state index < -0.39 is 0 Å². The fourth-order valence-corrected chi connectivity index (χ4v) is 4.11. The van der Waals surface area contributed by atoms with Crippen molar-refractivity contribution in [3.8, 4) is 5.75 Å². The van der Waals surface area contributed by atoms with Crippen molar-refractivity contribution in [2.24, 2.45) is 0 Å². The minimum Gasteiger partial charge on any atom is -0.490 e. The molecule has 0 atom stereocenters. The molecule has 0 spiro atoms. The largest absolute Gasteiger partial charge is 0.490 e. The van der Waals surface area contributed by atoms with Crippen LogP contribution in [-0.2, 0) is 6.42 Å². The van der Waals surface area contributed by atoms with Crippen molar-refractivity contribution in [1.82, 2.24) is 0 Å². The number of anilines is 1. The molecule has 2 aliphatic heterocycles. The van der Waals surface area contributed by atoms with Crippen molar-refractivity contribution in [2.75, 3.05) is 24.3 Å². The number of hydrogen-bond acceptors (Lipinski definition) is 4. The molecule has 2 aromatic rings. The zero-order valence-electron chi connectivity index (χ0n) is 12.9. The molecule has 2 aromatic carbocycles. The topological polar surface area (TPSA) is 29.5 Å². The molecule has 0 amide bonds. The van der Waals surface area contributed by atoms with Crippen LogP contribution in [0.25, 0.3) is 0 Å². The van der Waals surface area contributed by atoms with Crippen molar-refractivity contribution in [3.63, 3.8) is 0 Å². The molecular formula is C19H17NO2S. The van der Waals surface area contributed by atoms with E-state index in [0.717, 1.165) is 34.1 Å². The molecule has 0 aliphatic carbocycles. The molecule has 3 nitrogen and oxygen atoms in total. The number of allylic oxidation sites excluding steroid dienone is 1. The van der Waals surface area contributed by atoms with E-state index in [4.69, 9.17) is 4.74 Å². The third kappa shape index (κ3) is 2.34. The number of ketones is 1.